The number of hydrogen-bond acceptors (Lipinski definition) is 4. The molecule has 0 saturated carbocycles. The molecular weight excluding hydrogens is 282 g/mol. The van der Waals surface area contributed by atoms with E-state index in [9.17, 15) is 9.59 Å². The van der Waals surface area contributed by atoms with E-state index in [1.54, 1.807) is 32.9 Å². The van der Waals surface area contributed by atoms with Crippen LogP contribution in [0.2, 0.25) is 5.02 Å². The molecule has 1 aromatic carbocycles. The number of ether oxygens (including phenoxy) is 1. The maximum atomic E-state index is 12.1. The number of carboxylic acid groups (broad SMARTS) is 1. The standard InChI is InChI=1S/C14H18ClNO4/c1-8(12(17)18)16-11-6-5-9(15)7-10(11)13(19)20-14(2,3)4/h5-8,16H,1-4H3,(H,17,18)/t8-/m0/s1. The third-order valence-corrected chi connectivity index (χ3v) is 2.58. The predicted octanol–water partition coefficient (Wildman–Crippen LogP) is 3.18. The van der Waals surface area contributed by atoms with Gasteiger partial charge < -0.3 is 15.2 Å². The van der Waals surface area contributed by atoms with E-state index >= 15 is 0 Å². The minimum absolute atomic E-state index is 0.209. The van der Waals surface area contributed by atoms with Gasteiger partial charge in [-0.1, -0.05) is 11.6 Å². The van der Waals surface area contributed by atoms with Gasteiger partial charge in [0.05, 0.1) is 5.56 Å². The Labute approximate surface area is 122 Å². The van der Waals surface area contributed by atoms with Gasteiger partial charge in [0.1, 0.15) is 11.6 Å². The molecule has 1 rings (SSSR count). The fourth-order valence-corrected chi connectivity index (χ4v) is 1.61. The molecule has 0 spiro atoms. The second-order valence-electron chi connectivity index (χ2n) is 5.40. The van der Waals surface area contributed by atoms with Crippen molar-refractivity contribution in [2.45, 2.75) is 39.3 Å². The molecule has 0 fully saturated rings. The normalized spacial score (nSPS) is 12.7. The van der Waals surface area contributed by atoms with Crippen molar-refractivity contribution in [1.82, 2.24) is 0 Å². The maximum Gasteiger partial charge on any atom is 0.340 e. The molecule has 1 aromatic rings. The molecule has 0 saturated heterocycles. The van der Waals surface area contributed by atoms with Crippen LogP contribution in [0.1, 0.15) is 38.1 Å². The van der Waals surface area contributed by atoms with Crippen LogP contribution in [0.4, 0.5) is 5.69 Å². The second-order valence-corrected chi connectivity index (χ2v) is 5.83. The van der Waals surface area contributed by atoms with E-state index in [2.05, 4.69) is 5.32 Å². The average Bonchev–Trinajstić information content (AvgIpc) is 2.28. The number of hydrogen-bond donors (Lipinski definition) is 2. The highest BCUT2D eigenvalue weighted by molar-refractivity contribution is 6.31. The zero-order chi connectivity index (χ0) is 15.5. The van der Waals surface area contributed by atoms with Gasteiger partial charge in [0.15, 0.2) is 0 Å². The summed E-state index contributed by atoms with van der Waals surface area (Å²) in [6, 6.07) is 3.75. The van der Waals surface area contributed by atoms with Crippen LogP contribution in [0, 0.1) is 0 Å². The first-order chi connectivity index (χ1) is 9.10. The number of benzene rings is 1. The van der Waals surface area contributed by atoms with Crippen LogP contribution >= 0.6 is 11.6 Å². The number of carbonyl (C=O) groups excluding carboxylic acids is 1. The summed E-state index contributed by atoms with van der Waals surface area (Å²) in [7, 11) is 0. The summed E-state index contributed by atoms with van der Waals surface area (Å²) in [5.74, 6) is -1.57. The summed E-state index contributed by atoms with van der Waals surface area (Å²) in [5, 5.41) is 12.0. The van der Waals surface area contributed by atoms with Crippen LogP contribution in [0.25, 0.3) is 0 Å². The fourth-order valence-electron chi connectivity index (χ4n) is 1.44. The molecule has 0 radical (unpaired) electrons. The molecule has 20 heavy (non-hydrogen) atoms. The van der Waals surface area contributed by atoms with Gasteiger partial charge in [-0.2, -0.15) is 0 Å². The van der Waals surface area contributed by atoms with E-state index in [-0.39, 0.29) is 5.56 Å². The Hall–Kier alpha value is -1.75. The van der Waals surface area contributed by atoms with Gasteiger partial charge in [0, 0.05) is 10.7 Å². The maximum absolute atomic E-state index is 12.1. The summed E-state index contributed by atoms with van der Waals surface area (Å²) in [5.41, 5.74) is -0.0613. The van der Waals surface area contributed by atoms with E-state index in [1.807, 2.05) is 0 Å². The minimum Gasteiger partial charge on any atom is -0.480 e. The molecule has 6 heteroatoms. The van der Waals surface area contributed by atoms with Crippen molar-refractivity contribution in [2.75, 3.05) is 5.32 Å². The minimum atomic E-state index is -1.02. The smallest absolute Gasteiger partial charge is 0.340 e. The number of carboxylic acids is 1. The Balaban J connectivity index is 3.07. The van der Waals surface area contributed by atoms with Gasteiger partial charge in [-0.25, -0.2) is 4.79 Å². The van der Waals surface area contributed by atoms with E-state index in [0.717, 1.165) is 0 Å². The van der Waals surface area contributed by atoms with Gasteiger partial charge >= 0.3 is 11.9 Å². The first kappa shape index (κ1) is 16.3. The third kappa shape index (κ3) is 4.74. The van der Waals surface area contributed by atoms with Gasteiger partial charge in [0.2, 0.25) is 0 Å². The molecule has 0 aliphatic rings. The number of carbonyl (C=O) groups is 2. The molecule has 0 aliphatic carbocycles. The molecule has 110 valence electrons. The lowest BCUT2D eigenvalue weighted by Gasteiger charge is -2.21. The summed E-state index contributed by atoms with van der Waals surface area (Å²) >= 11 is 5.88. The Morgan fingerprint density at radius 1 is 1.35 bits per heavy atom. The van der Waals surface area contributed by atoms with Crippen LogP contribution < -0.4 is 5.32 Å². The lowest BCUT2D eigenvalue weighted by Crippen LogP contribution is -2.28. The van der Waals surface area contributed by atoms with Gasteiger partial charge in [-0.15, -0.1) is 0 Å². The average molecular weight is 300 g/mol. The molecular formula is C14H18ClNO4. The molecule has 0 aromatic heterocycles. The van der Waals surface area contributed by atoms with E-state index in [0.29, 0.717) is 10.7 Å². The molecule has 0 aliphatic heterocycles. The number of aliphatic carboxylic acids is 1. The number of esters is 1. The van der Waals surface area contributed by atoms with Gasteiger partial charge in [-0.05, 0) is 45.9 Å². The molecule has 0 unspecified atom stereocenters. The lowest BCUT2D eigenvalue weighted by atomic mass is 10.1. The van der Waals surface area contributed by atoms with Crippen molar-refractivity contribution in [3.8, 4) is 0 Å². The van der Waals surface area contributed by atoms with Crippen LogP contribution in [-0.4, -0.2) is 28.7 Å². The fraction of sp³-hybridized carbons (Fsp3) is 0.429. The highest BCUT2D eigenvalue weighted by Crippen LogP contribution is 2.24. The van der Waals surface area contributed by atoms with Gasteiger partial charge in [-0.3, -0.25) is 4.79 Å². The lowest BCUT2D eigenvalue weighted by molar-refractivity contribution is -0.137. The molecule has 5 nitrogen and oxygen atoms in total. The zero-order valence-corrected chi connectivity index (χ0v) is 12.6. The quantitative estimate of drug-likeness (QED) is 0.835. The Morgan fingerprint density at radius 3 is 2.45 bits per heavy atom. The number of nitrogens with one attached hydrogen (secondary N) is 1. The van der Waals surface area contributed by atoms with E-state index < -0.39 is 23.6 Å². The van der Waals surface area contributed by atoms with Crippen molar-refractivity contribution in [3.63, 3.8) is 0 Å². The summed E-state index contributed by atoms with van der Waals surface area (Å²) in [6.45, 7) is 6.74. The van der Waals surface area contributed by atoms with Crippen molar-refractivity contribution < 1.29 is 19.4 Å². The topological polar surface area (TPSA) is 75.6 Å². The molecule has 2 N–H and O–H groups in total. The number of rotatable bonds is 4. The van der Waals surface area contributed by atoms with E-state index in [4.69, 9.17) is 21.4 Å². The van der Waals surface area contributed by atoms with Crippen LogP contribution in [0.5, 0.6) is 0 Å². The molecule has 1 atom stereocenters. The van der Waals surface area contributed by atoms with Crippen LogP contribution in [0.3, 0.4) is 0 Å². The van der Waals surface area contributed by atoms with Crippen molar-refractivity contribution in [3.05, 3.63) is 28.8 Å². The number of anilines is 1. The number of halogens is 1. The molecule has 0 bridgehead atoms. The SMILES string of the molecule is C[C@H](Nc1ccc(Cl)cc1C(=O)OC(C)(C)C)C(=O)O. The van der Waals surface area contributed by atoms with Crippen molar-refractivity contribution >= 4 is 29.2 Å². The zero-order valence-electron chi connectivity index (χ0n) is 11.9. The van der Waals surface area contributed by atoms with E-state index in [1.165, 1.54) is 13.0 Å². The third-order valence-electron chi connectivity index (χ3n) is 2.34. The summed E-state index contributed by atoms with van der Waals surface area (Å²) < 4.78 is 5.28. The largest absolute Gasteiger partial charge is 0.480 e. The predicted molar refractivity (Wildman–Crippen MR) is 77.3 cm³/mol. The highest BCUT2D eigenvalue weighted by Gasteiger charge is 2.22. The molecule has 0 heterocycles. The first-order valence-electron chi connectivity index (χ1n) is 6.12. The highest BCUT2D eigenvalue weighted by atomic mass is 35.5. The van der Waals surface area contributed by atoms with Crippen LogP contribution in [-0.2, 0) is 9.53 Å². The van der Waals surface area contributed by atoms with Crippen molar-refractivity contribution in [2.24, 2.45) is 0 Å². The Bertz CT molecular complexity index is 522. The monoisotopic (exact) mass is 299 g/mol. The Kier molecular flexibility index (Phi) is 5.00. The molecule has 0 amide bonds. The summed E-state index contributed by atoms with van der Waals surface area (Å²) in [4.78, 5) is 23.0. The van der Waals surface area contributed by atoms with Gasteiger partial charge in [0.25, 0.3) is 0 Å². The second kappa shape index (κ2) is 6.13. The van der Waals surface area contributed by atoms with Crippen LogP contribution in [0.15, 0.2) is 18.2 Å². The van der Waals surface area contributed by atoms with Crippen molar-refractivity contribution in [1.29, 1.82) is 0 Å². The Morgan fingerprint density at radius 2 is 1.95 bits per heavy atom. The summed E-state index contributed by atoms with van der Waals surface area (Å²) in [6.07, 6.45) is 0. The first-order valence-corrected chi connectivity index (χ1v) is 6.50.